The molecule has 5 heteroatoms. The summed E-state index contributed by atoms with van der Waals surface area (Å²) in [5.74, 6) is 0.0425. The molecule has 1 aromatic carbocycles. The molecule has 2 atom stereocenters. The van der Waals surface area contributed by atoms with Crippen molar-refractivity contribution < 1.29 is 9.90 Å². The Hall–Kier alpha value is -1.85. The Morgan fingerprint density at radius 1 is 1.21 bits per heavy atom. The summed E-state index contributed by atoms with van der Waals surface area (Å²) in [7, 11) is 0. The molecule has 0 bridgehead atoms. The zero-order chi connectivity index (χ0) is 20.5. The van der Waals surface area contributed by atoms with E-state index in [0.29, 0.717) is 13.0 Å². The van der Waals surface area contributed by atoms with E-state index in [1.165, 1.54) is 22.4 Å². The van der Waals surface area contributed by atoms with Crippen LogP contribution in [-0.2, 0) is 17.8 Å². The summed E-state index contributed by atoms with van der Waals surface area (Å²) in [6.45, 7) is 8.92. The van der Waals surface area contributed by atoms with Crippen LogP contribution in [0.5, 0.6) is 0 Å². The van der Waals surface area contributed by atoms with E-state index < -0.39 is 0 Å². The maximum absolute atomic E-state index is 11.0. The molecule has 156 valence electrons. The van der Waals surface area contributed by atoms with E-state index in [1.807, 2.05) is 6.92 Å². The Morgan fingerprint density at radius 2 is 1.89 bits per heavy atom. The van der Waals surface area contributed by atoms with Crippen LogP contribution in [-0.4, -0.2) is 41.1 Å². The minimum Gasteiger partial charge on any atom is -0.391 e. The second-order valence-corrected chi connectivity index (χ2v) is 7.89. The first-order valence-electron chi connectivity index (χ1n) is 10.6. The quantitative estimate of drug-likeness (QED) is 0.742. The van der Waals surface area contributed by atoms with E-state index in [0.717, 1.165) is 45.2 Å². The molecule has 4 N–H and O–H groups in total. The molecular weight excluding hydrogens is 350 g/mol. The molecule has 1 aromatic rings. The van der Waals surface area contributed by atoms with Gasteiger partial charge in [0.2, 0.25) is 5.91 Å². The highest BCUT2D eigenvalue weighted by Gasteiger charge is 2.23. The number of nitrogens with one attached hydrogen (secondary N) is 1. The number of hydrogen-bond donors (Lipinski definition) is 3. The minimum atomic E-state index is -0.325. The Labute approximate surface area is 170 Å². The summed E-state index contributed by atoms with van der Waals surface area (Å²) in [5.41, 5.74) is 11.3. The van der Waals surface area contributed by atoms with E-state index in [9.17, 15) is 9.90 Å². The van der Waals surface area contributed by atoms with Crippen LogP contribution in [0, 0.1) is 0 Å². The van der Waals surface area contributed by atoms with Gasteiger partial charge < -0.3 is 21.1 Å². The van der Waals surface area contributed by atoms with Crippen molar-refractivity contribution in [2.45, 2.75) is 78.0 Å². The van der Waals surface area contributed by atoms with Crippen LogP contribution in [0.1, 0.15) is 64.0 Å². The third-order valence-corrected chi connectivity index (χ3v) is 5.93. The molecule has 28 heavy (non-hydrogen) atoms. The SMILES string of the molecule is CC(CN)=C(C)N1CCc2ccccc2C1.CCC(=O)NC1CCCCC1O. The standard InChI is InChI=1S/C14H20N2.C9H17NO2/c1-11(9-15)12(2)16-8-7-13-5-3-4-6-14(13)10-16;1-2-9(12)10-7-5-3-4-6-8(7)11/h3-6H,7-10,15H2,1-2H3;7-8,11H,2-6H2,1H3,(H,10,12). The van der Waals surface area contributed by atoms with Crippen molar-refractivity contribution in [3.63, 3.8) is 0 Å². The van der Waals surface area contributed by atoms with Crippen molar-refractivity contribution >= 4 is 5.91 Å². The van der Waals surface area contributed by atoms with Crippen LogP contribution in [0.15, 0.2) is 35.5 Å². The fourth-order valence-corrected chi connectivity index (χ4v) is 3.79. The Bertz CT molecular complexity index is 672. The second kappa shape index (κ2) is 11.2. The molecule has 1 aliphatic carbocycles. The predicted molar refractivity (Wildman–Crippen MR) is 115 cm³/mol. The summed E-state index contributed by atoms with van der Waals surface area (Å²) in [4.78, 5) is 13.4. The van der Waals surface area contributed by atoms with Gasteiger partial charge in [-0.25, -0.2) is 0 Å². The van der Waals surface area contributed by atoms with Gasteiger partial charge in [-0.3, -0.25) is 4.79 Å². The lowest BCUT2D eigenvalue weighted by molar-refractivity contribution is -0.122. The summed E-state index contributed by atoms with van der Waals surface area (Å²) in [5, 5.41) is 12.3. The van der Waals surface area contributed by atoms with Crippen molar-refractivity contribution in [1.29, 1.82) is 0 Å². The number of nitrogens with zero attached hydrogens (tertiary/aromatic N) is 1. The third-order valence-electron chi connectivity index (χ3n) is 5.93. The first kappa shape index (κ1) is 22.4. The van der Waals surface area contributed by atoms with E-state index in [-0.39, 0.29) is 18.1 Å². The molecule has 3 rings (SSSR count). The van der Waals surface area contributed by atoms with Crippen molar-refractivity contribution in [2.24, 2.45) is 5.73 Å². The van der Waals surface area contributed by atoms with Crippen molar-refractivity contribution in [3.05, 3.63) is 46.7 Å². The zero-order valence-corrected chi connectivity index (χ0v) is 17.7. The van der Waals surface area contributed by atoms with Crippen molar-refractivity contribution in [2.75, 3.05) is 13.1 Å². The maximum atomic E-state index is 11.0. The molecule has 1 amide bonds. The van der Waals surface area contributed by atoms with Crippen LogP contribution in [0.3, 0.4) is 0 Å². The summed E-state index contributed by atoms with van der Waals surface area (Å²) >= 11 is 0. The normalized spacial score (nSPS) is 22.4. The fourth-order valence-electron chi connectivity index (χ4n) is 3.79. The zero-order valence-electron chi connectivity index (χ0n) is 17.7. The molecule has 2 aliphatic rings. The minimum absolute atomic E-state index is 0.00574. The van der Waals surface area contributed by atoms with Gasteiger partial charge in [0.15, 0.2) is 0 Å². The topological polar surface area (TPSA) is 78.6 Å². The number of amides is 1. The van der Waals surface area contributed by atoms with Gasteiger partial charge >= 0.3 is 0 Å². The number of rotatable bonds is 4. The van der Waals surface area contributed by atoms with E-state index in [2.05, 4.69) is 48.3 Å². The molecule has 2 unspecified atom stereocenters. The van der Waals surface area contributed by atoms with Gasteiger partial charge in [-0.05, 0) is 49.8 Å². The Balaban J connectivity index is 0.000000209. The number of carbonyl (C=O) groups is 1. The van der Waals surface area contributed by atoms with Crippen LogP contribution >= 0.6 is 0 Å². The summed E-state index contributed by atoms with van der Waals surface area (Å²) in [6, 6.07) is 8.72. The van der Waals surface area contributed by atoms with E-state index in [1.54, 1.807) is 0 Å². The fraction of sp³-hybridized carbons (Fsp3) is 0.609. The summed E-state index contributed by atoms with van der Waals surface area (Å²) < 4.78 is 0. The van der Waals surface area contributed by atoms with Crippen LogP contribution in [0.25, 0.3) is 0 Å². The smallest absolute Gasteiger partial charge is 0.220 e. The highest BCUT2D eigenvalue weighted by molar-refractivity contribution is 5.75. The van der Waals surface area contributed by atoms with Crippen LogP contribution in [0.4, 0.5) is 0 Å². The average Bonchev–Trinajstić information content (AvgIpc) is 2.74. The maximum Gasteiger partial charge on any atom is 0.220 e. The molecule has 1 fully saturated rings. The molecule has 1 heterocycles. The van der Waals surface area contributed by atoms with Crippen molar-refractivity contribution in [3.8, 4) is 0 Å². The molecule has 1 saturated carbocycles. The number of hydrogen-bond acceptors (Lipinski definition) is 4. The molecule has 0 radical (unpaired) electrons. The van der Waals surface area contributed by atoms with Gasteiger partial charge in [0, 0.05) is 31.8 Å². The number of nitrogens with two attached hydrogens (primary N) is 1. The average molecular weight is 388 g/mol. The van der Waals surface area contributed by atoms with Crippen molar-refractivity contribution in [1.82, 2.24) is 10.2 Å². The number of carbonyl (C=O) groups excluding carboxylic acids is 1. The monoisotopic (exact) mass is 387 g/mol. The van der Waals surface area contributed by atoms with E-state index in [4.69, 9.17) is 5.73 Å². The molecule has 0 aromatic heterocycles. The summed E-state index contributed by atoms with van der Waals surface area (Å²) in [6.07, 6.45) is 5.27. The van der Waals surface area contributed by atoms with Crippen LogP contribution < -0.4 is 11.1 Å². The second-order valence-electron chi connectivity index (χ2n) is 7.89. The first-order valence-corrected chi connectivity index (χ1v) is 10.6. The number of benzene rings is 1. The van der Waals surface area contributed by atoms with Gasteiger partial charge in [0.05, 0.1) is 12.1 Å². The number of aliphatic hydroxyl groups is 1. The Kier molecular flexibility index (Phi) is 9.00. The van der Waals surface area contributed by atoms with Gasteiger partial charge in [-0.2, -0.15) is 0 Å². The highest BCUT2D eigenvalue weighted by atomic mass is 16.3. The van der Waals surface area contributed by atoms with Crippen LogP contribution in [0.2, 0.25) is 0 Å². The predicted octanol–water partition coefficient (Wildman–Crippen LogP) is 3.11. The van der Waals surface area contributed by atoms with E-state index >= 15 is 0 Å². The number of allylic oxidation sites excluding steroid dienone is 1. The molecular formula is C23H37N3O2. The molecule has 5 nitrogen and oxygen atoms in total. The largest absolute Gasteiger partial charge is 0.391 e. The Morgan fingerprint density at radius 3 is 2.54 bits per heavy atom. The number of fused-ring (bicyclic) bond motifs is 1. The number of aliphatic hydroxyl groups excluding tert-OH is 1. The molecule has 0 saturated heterocycles. The molecule has 0 spiro atoms. The first-order chi connectivity index (χ1) is 13.5. The lowest BCUT2D eigenvalue weighted by Gasteiger charge is -2.32. The molecule has 1 aliphatic heterocycles. The van der Waals surface area contributed by atoms with Gasteiger partial charge in [0.25, 0.3) is 0 Å². The van der Waals surface area contributed by atoms with Gasteiger partial charge in [-0.1, -0.05) is 44.0 Å². The lowest BCUT2D eigenvalue weighted by Crippen LogP contribution is -2.44. The third kappa shape index (κ3) is 6.35. The lowest BCUT2D eigenvalue weighted by atomic mass is 9.92. The highest BCUT2D eigenvalue weighted by Crippen LogP contribution is 2.22. The van der Waals surface area contributed by atoms with Gasteiger partial charge in [-0.15, -0.1) is 0 Å². The van der Waals surface area contributed by atoms with Gasteiger partial charge in [0.1, 0.15) is 0 Å².